The second-order valence-corrected chi connectivity index (χ2v) is 7.36. The van der Waals surface area contributed by atoms with Crippen LogP contribution in [0.5, 0.6) is 0 Å². The van der Waals surface area contributed by atoms with Crippen LogP contribution < -0.4 is 5.73 Å². The highest BCUT2D eigenvalue weighted by atomic mass is 32.2. The summed E-state index contributed by atoms with van der Waals surface area (Å²) in [6, 6.07) is 12.7. The number of pyridine rings is 1. The molecule has 0 aliphatic rings. The number of aromatic nitrogens is 1. The maximum Gasteiger partial charge on any atom is 0.214 e. The number of aryl methyl sites for hydroxylation is 1. The molecular weight excluding hydrogens is 386 g/mol. The summed E-state index contributed by atoms with van der Waals surface area (Å²) < 4.78 is 0. The number of hydrogen-bond acceptors (Lipinski definition) is 6. The maximum absolute atomic E-state index is 12.2. The Bertz CT molecular complexity index is 911. The van der Waals surface area contributed by atoms with Crippen molar-refractivity contribution in [3.8, 4) is 0 Å². The van der Waals surface area contributed by atoms with E-state index in [1.807, 2.05) is 37.3 Å². The molecule has 2 rings (SSSR count). The number of hydrogen-bond donors (Lipinski definition) is 2. The first-order valence-corrected chi connectivity index (χ1v) is 10.0. The Labute approximate surface area is 175 Å². The lowest BCUT2D eigenvalue weighted by molar-refractivity contribution is -0.116. The van der Waals surface area contributed by atoms with E-state index in [1.54, 1.807) is 24.5 Å². The Morgan fingerprint density at radius 2 is 1.97 bits per heavy atom. The molecule has 0 unspecified atom stereocenters. The van der Waals surface area contributed by atoms with Crippen molar-refractivity contribution in [1.29, 1.82) is 0 Å². The molecule has 3 N–H and O–H groups in total. The standard InChI is InChI=1S/C22H25N3O3S/c1-16-8-9-19(22(23)24-16)14-25(15-27)17(2)21(10-12-26)29-13-11-20(28)18-6-4-3-5-7-18/h3-9,11,13,15,26H,10,12,14H2,1-2H3,(H2,23,24)/b13-11+,21-17-. The predicted molar refractivity (Wildman–Crippen MR) is 117 cm³/mol. The van der Waals surface area contributed by atoms with Gasteiger partial charge in [0.2, 0.25) is 6.41 Å². The summed E-state index contributed by atoms with van der Waals surface area (Å²) in [6.45, 7) is 3.86. The van der Waals surface area contributed by atoms with Crippen LogP contribution in [0.4, 0.5) is 5.82 Å². The first kappa shape index (κ1) is 22.4. The first-order chi connectivity index (χ1) is 14.0. The summed E-state index contributed by atoms with van der Waals surface area (Å²) in [4.78, 5) is 30.4. The van der Waals surface area contributed by atoms with Crippen LogP contribution in [0.25, 0.3) is 0 Å². The number of allylic oxidation sites excluding steroid dienone is 2. The number of aliphatic hydroxyl groups is 1. The fraction of sp³-hybridized carbons (Fsp3) is 0.227. The smallest absolute Gasteiger partial charge is 0.214 e. The van der Waals surface area contributed by atoms with Gasteiger partial charge >= 0.3 is 0 Å². The molecule has 2 aromatic rings. The minimum absolute atomic E-state index is 0.0684. The van der Waals surface area contributed by atoms with Crippen LogP contribution in [-0.2, 0) is 11.3 Å². The number of anilines is 1. The monoisotopic (exact) mass is 411 g/mol. The van der Waals surface area contributed by atoms with Gasteiger partial charge in [-0.1, -0.05) is 36.4 Å². The van der Waals surface area contributed by atoms with Crippen molar-refractivity contribution in [2.75, 3.05) is 12.3 Å². The molecule has 0 saturated heterocycles. The van der Waals surface area contributed by atoms with Gasteiger partial charge in [0.15, 0.2) is 5.78 Å². The highest BCUT2D eigenvalue weighted by molar-refractivity contribution is 8.05. The van der Waals surface area contributed by atoms with Crippen LogP contribution in [0.3, 0.4) is 0 Å². The third kappa shape index (κ3) is 6.58. The number of rotatable bonds is 10. The number of nitrogen functional groups attached to an aromatic ring is 1. The molecule has 0 aliphatic carbocycles. The van der Waals surface area contributed by atoms with Gasteiger partial charge in [-0.2, -0.15) is 0 Å². The third-order valence-corrected chi connectivity index (χ3v) is 5.34. The van der Waals surface area contributed by atoms with E-state index in [2.05, 4.69) is 4.98 Å². The summed E-state index contributed by atoms with van der Waals surface area (Å²) >= 11 is 1.31. The molecule has 0 radical (unpaired) electrons. The number of carbonyl (C=O) groups excluding carboxylic acids is 2. The van der Waals surface area contributed by atoms with Gasteiger partial charge in [0.05, 0.1) is 6.54 Å². The van der Waals surface area contributed by atoms with Gasteiger partial charge in [0, 0.05) is 40.5 Å². The Balaban J connectivity index is 2.16. The Kier molecular flexibility index (Phi) is 8.64. The van der Waals surface area contributed by atoms with Crippen LogP contribution in [-0.4, -0.2) is 33.8 Å². The number of thioether (sulfide) groups is 1. The molecule has 0 spiro atoms. The Morgan fingerprint density at radius 1 is 1.24 bits per heavy atom. The summed E-state index contributed by atoms with van der Waals surface area (Å²) in [5, 5.41) is 11.1. The van der Waals surface area contributed by atoms with Crippen molar-refractivity contribution in [1.82, 2.24) is 9.88 Å². The van der Waals surface area contributed by atoms with Crippen molar-refractivity contribution >= 4 is 29.8 Å². The number of carbonyl (C=O) groups is 2. The molecule has 0 aliphatic heterocycles. The SMILES string of the molecule is C/C(=C(\CCO)S/C=C/C(=O)c1ccccc1)N(C=O)Cc1ccc(C)nc1N. The van der Waals surface area contributed by atoms with E-state index in [-0.39, 0.29) is 18.9 Å². The van der Waals surface area contributed by atoms with E-state index in [1.165, 1.54) is 22.7 Å². The zero-order valence-electron chi connectivity index (χ0n) is 16.5. The summed E-state index contributed by atoms with van der Waals surface area (Å²) in [6.07, 6.45) is 2.58. The number of benzene rings is 1. The lowest BCUT2D eigenvalue weighted by Crippen LogP contribution is -2.21. The molecule has 1 heterocycles. The summed E-state index contributed by atoms with van der Waals surface area (Å²) in [7, 11) is 0. The normalized spacial score (nSPS) is 12.0. The Hall–Kier alpha value is -2.90. The molecule has 7 heteroatoms. The van der Waals surface area contributed by atoms with Crippen molar-refractivity contribution in [3.63, 3.8) is 0 Å². The highest BCUT2D eigenvalue weighted by Crippen LogP contribution is 2.27. The van der Waals surface area contributed by atoms with E-state index in [9.17, 15) is 14.7 Å². The molecule has 29 heavy (non-hydrogen) atoms. The van der Waals surface area contributed by atoms with Crippen LogP contribution in [0.15, 0.2) is 64.6 Å². The number of nitrogens with zero attached hydrogens (tertiary/aromatic N) is 2. The van der Waals surface area contributed by atoms with Gasteiger partial charge in [-0.25, -0.2) is 4.98 Å². The van der Waals surface area contributed by atoms with Gasteiger partial charge < -0.3 is 15.7 Å². The second kappa shape index (κ2) is 11.2. The lowest BCUT2D eigenvalue weighted by atomic mass is 10.1. The summed E-state index contributed by atoms with van der Waals surface area (Å²) in [5.74, 6) is 0.277. The third-order valence-electron chi connectivity index (χ3n) is 4.28. The summed E-state index contributed by atoms with van der Waals surface area (Å²) in [5.41, 5.74) is 8.80. The maximum atomic E-state index is 12.2. The molecule has 1 aromatic heterocycles. The molecule has 6 nitrogen and oxygen atoms in total. The van der Waals surface area contributed by atoms with E-state index in [0.717, 1.165) is 22.6 Å². The van der Waals surface area contributed by atoms with Crippen molar-refractivity contribution < 1.29 is 14.7 Å². The molecular formula is C22H25N3O3S. The minimum atomic E-state index is -0.107. The van der Waals surface area contributed by atoms with E-state index < -0.39 is 0 Å². The molecule has 152 valence electrons. The van der Waals surface area contributed by atoms with Crippen LogP contribution in [0, 0.1) is 6.92 Å². The number of nitrogens with two attached hydrogens (primary N) is 1. The zero-order chi connectivity index (χ0) is 21.2. The van der Waals surface area contributed by atoms with Gasteiger partial charge in [0.1, 0.15) is 5.82 Å². The minimum Gasteiger partial charge on any atom is -0.396 e. The first-order valence-electron chi connectivity index (χ1n) is 9.13. The average Bonchev–Trinajstić information content (AvgIpc) is 2.72. The van der Waals surface area contributed by atoms with E-state index >= 15 is 0 Å². The molecule has 0 bridgehead atoms. The van der Waals surface area contributed by atoms with Crippen LogP contribution in [0.2, 0.25) is 0 Å². The van der Waals surface area contributed by atoms with Gasteiger partial charge in [-0.05, 0) is 31.4 Å². The molecule has 0 saturated carbocycles. The highest BCUT2D eigenvalue weighted by Gasteiger charge is 2.13. The van der Waals surface area contributed by atoms with Crippen molar-refractivity contribution in [2.45, 2.75) is 26.8 Å². The second-order valence-electron chi connectivity index (χ2n) is 6.36. The number of aliphatic hydroxyl groups excluding tert-OH is 1. The topological polar surface area (TPSA) is 96.5 Å². The van der Waals surface area contributed by atoms with Crippen LogP contribution >= 0.6 is 11.8 Å². The zero-order valence-corrected chi connectivity index (χ0v) is 17.4. The van der Waals surface area contributed by atoms with Crippen molar-refractivity contribution in [2.24, 2.45) is 0 Å². The number of ketones is 1. The predicted octanol–water partition coefficient (Wildman–Crippen LogP) is 3.67. The fourth-order valence-electron chi connectivity index (χ4n) is 2.62. The lowest BCUT2D eigenvalue weighted by Gasteiger charge is -2.22. The molecule has 0 atom stereocenters. The Morgan fingerprint density at radius 3 is 2.59 bits per heavy atom. The molecule has 0 fully saturated rings. The largest absolute Gasteiger partial charge is 0.396 e. The fourth-order valence-corrected chi connectivity index (χ4v) is 3.47. The van der Waals surface area contributed by atoms with Gasteiger partial charge in [-0.15, -0.1) is 11.8 Å². The number of amides is 1. The van der Waals surface area contributed by atoms with Crippen molar-refractivity contribution in [3.05, 3.63) is 81.4 Å². The van der Waals surface area contributed by atoms with E-state index in [4.69, 9.17) is 5.73 Å². The van der Waals surface area contributed by atoms with Crippen LogP contribution in [0.1, 0.15) is 35.0 Å². The molecule has 1 amide bonds. The van der Waals surface area contributed by atoms with E-state index in [0.29, 0.717) is 23.5 Å². The quantitative estimate of drug-likeness (QED) is 0.352. The molecule has 1 aromatic carbocycles. The van der Waals surface area contributed by atoms with Gasteiger partial charge in [-0.3, -0.25) is 9.59 Å². The average molecular weight is 412 g/mol. The van der Waals surface area contributed by atoms with Gasteiger partial charge in [0.25, 0.3) is 0 Å².